The Labute approximate surface area is 106 Å². The molecule has 1 aliphatic rings. The maximum absolute atomic E-state index is 9.40. The summed E-state index contributed by atoms with van der Waals surface area (Å²) in [7, 11) is 0. The zero-order valence-corrected chi connectivity index (χ0v) is 10.4. The smallest absolute Gasteiger partial charge is 0.0607 e. The van der Waals surface area contributed by atoms with E-state index in [4.69, 9.17) is 23.2 Å². The van der Waals surface area contributed by atoms with E-state index in [2.05, 4.69) is 5.32 Å². The summed E-state index contributed by atoms with van der Waals surface area (Å²) in [5, 5.41) is 15.2. The molecule has 0 heterocycles. The van der Waals surface area contributed by atoms with E-state index in [-0.39, 0.29) is 12.1 Å². The van der Waals surface area contributed by atoms with Gasteiger partial charge < -0.3 is 5.11 Å². The van der Waals surface area contributed by atoms with Crippen LogP contribution >= 0.6 is 23.2 Å². The molecule has 1 fully saturated rings. The minimum absolute atomic E-state index is 0.144. The summed E-state index contributed by atoms with van der Waals surface area (Å²) < 4.78 is 0. The normalized spacial score (nSPS) is 25.4. The van der Waals surface area contributed by atoms with Crippen LogP contribution in [0.5, 0.6) is 0 Å². The highest BCUT2D eigenvalue weighted by atomic mass is 35.5. The molecule has 1 N–H and O–H groups in total. The predicted molar refractivity (Wildman–Crippen MR) is 66.5 cm³/mol. The van der Waals surface area contributed by atoms with Gasteiger partial charge in [0.15, 0.2) is 0 Å². The molecule has 1 aromatic carbocycles. The summed E-state index contributed by atoms with van der Waals surface area (Å²) in [5.41, 5.74) is 0.832. The van der Waals surface area contributed by atoms with Crippen LogP contribution in [0, 0.1) is 0 Å². The Morgan fingerprint density at radius 2 is 1.56 bits per heavy atom. The fourth-order valence-corrected chi connectivity index (χ4v) is 2.53. The molecule has 0 bridgehead atoms. The van der Waals surface area contributed by atoms with E-state index in [9.17, 15) is 5.11 Å². The minimum atomic E-state index is -0.144. The highest BCUT2D eigenvalue weighted by molar-refractivity contribution is 6.35. The van der Waals surface area contributed by atoms with Gasteiger partial charge in [-0.05, 0) is 43.9 Å². The van der Waals surface area contributed by atoms with Crippen LogP contribution in [-0.2, 0) is 0 Å². The first kappa shape index (κ1) is 12.0. The minimum Gasteiger partial charge on any atom is -0.393 e. The Morgan fingerprint density at radius 3 is 2.12 bits per heavy atom. The fraction of sp³-hybridized carbons (Fsp3) is 0.500. The van der Waals surface area contributed by atoms with Crippen molar-refractivity contribution in [3.8, 4) is 0 Å². The van der Waals surface area contributed by atoms with Crippen LogP contribution < -0.4 is 5.32 Å². The van der Waals surface area contributed by atoms with Crippen molar-refractivity contribution in [2.75, 3.05) is 0 Å². The van der Waals surface area contributed by atoms with E-state index in [1.165, 1.54) is 0 Å². The molecule has 87 valence electrons. The number of nitrogens with zero attached hydrogens (tertiary/aromatic N) is 1. The van der Waals surface area contributed by atoms with Crippen molar-refractivity contribution in [1.29, 1.82) is 0 Å². The van der Waals surface area contributed by atoms with E-state index < -0.39 is 0 Å². The molecule has 0 unspecified atom stereocenters. The highest BCUT2D eigenvalue weighted by Crippen LogP contribution is 2.26. The molecule has 1 saturated carbocycles. The molecular weight excluding hydrogens is 245 g/mol. The van der Waals surface area contributed by atoms with Crippen LogP contribution in [0.1, 0.15) is 25.7 Å². The topological polar surface area (TPSA) is 34.3 Å². The van der Waals surface area contributed by atoms with Gasteiger partial charge in [-0.1, -0.05) is 23.2 Å². The van der Waals surface area contributed by atoms with Gasteiger partial charge in [0.05, 0.1) is 17.8 Å². The molecular formula is C12H14Cl2NO. The molecule has 0 atom stereocenters. The van der Waals surface area contributed by atoms with Crippen LogP contribution in [0.3, 0.4) is 0 Å². The average molecular weight is 259 g/mol. The van der Waals surface area contributed by atoms with Crippen molar-refractivity contribution in [2.24, 2.45) is 0 Å². The molecule has 0 saturated heterocycles. The van der Waals surface area contributed by atoms with Crippen LogP contribution in [0.2, 0.25) is 10.0 Å². The number of hydrogen-bond acceptors (Lipinski definition) is 1. The first-order valence-corrected chi connectivity index (χ1v) is 6.24. The summed E-state index contributed by atoms with van der Waals surface area (Å²) in [4.78, 5) is 0. The number of halogens is 2. The van der Waals surface area contributed by atoms with Crippen LogP contribution in [-0.4, -0.2) is 17.3 Å². The van der Waals surface area contributed by atoms with E-state index >= 15 is 0 Å². The summed E-state index contributed by atoms with van der Waals surface area (Å²) in [5.74, 6) is 0. The van der Waals surface area contributed by atoms with Gasteiger partial charge in [-0.15, -0.1) is 0 Å². The number of hydrogen-bond donors (Lipinski definition) is 1. The number of benzene rings is 1. The van der Waals surface area contributed by atoms with Gasteiger partial charge in [0.25, 0.3) is 0 Å². The molecule has 0 amide bonds. The SMILES string of the molecule is O[C@H]1CC[C@H]([N]c2cc(Cl)cc(Cl)c2)CC1. The number of aliphatic hydroxyl groups is 1. The summed E-state index contributed by atoms with van der Waals surface area (Å²) in [6.07, 6.45) is 3.40. The Hall–Kier alpha value is -0.440. The van der Waals surface area contributed by atoms with E-state index in [0.29, 0.717) is 10.0 Å². The van der Waals surface area contributed by atoms with Crippen LogP contribution in [0.4, 0.5) is 5.69 Å². The van der Waals surface area contributed by atoms with Gasteiger partial charge in [0.1, 0.15) is 0 Å². The lowest BCUT2D eigenvalue weighted by Crippen LogP contribution is -2.27. The van der Waals surface area contributed by atoms with Gasteiger partial charge in [-0.3, -0.25) is 5.32 Å². The molecule has 1 radical (unpaired) electrons. The Morgan fingerprint density at radius 1 is 1.00 bits per heavy atom. The summed E-state index contributed by atoms with van der Waals surface area (Å²) >= 11 is 11.8. The molecule has 1 aromatic rings. The van der Waals surface area contributed by atoms with Crippen LogP contribution in [0.25, 0.3) is 0 Å². The second-order valence-electron chi connectivity index (χ2n) is 4.22. The van der Waals surface area contributed by atoms with Gasteiger partial charge in [-0.2, -0.15) is 0 Å². The third kappa shape index (κ3) is 3.27. The average Bonchev–Trinajstić information content (AvgIpc) is 2.20. The third-order valence-electron chi connectivity index (χ3n) is 2.85. The monoisotopic (exact) mass is 258 g/mol. The van der Waals surface area contributed by atoms with Gasteiger partial charge in [0, 0.05) is 10.0 Å². The van der Waals surface area contributed by atoms with Gasteiger partial charge >= 0.3 is 0 Å². The highest BCUT2D eigenvalue weighted by Gasteiger charge is 2.20. The lowest BCUT2D eigenvalue weighted by molar-refractivity contribution is 0.119. The molecule has 0 aliphatic heterocycles. The van der Waals surface area contributed by atoms with Crippen molar-refractivity contribution in [2.45, 2.75) is 37.8 Å². The van der Waals surface area contributed by atoms with Crippen molar-refractivity contribution >= 4 is 28.9 Å². The molecule has 2 rings (SSSR count). The lowest BCUT2D eigenvalue weighted by atomic mass is 9.93. The standard InChI is InChI=1S/C12H14Cl2NO/c13-8-5-9(14)7-11(6-8)15-10-1-3-12(16)4-2-10/h5-7,10,12,16H,1-4H2/t10-,12-. The third-order valence-corrected chi connectivity index (χ3v) is 3.28. The number of aliphatic hydroxyl groups excluding tert-OH is 1. The number of rotatable bonds is 2. The van der Waals surface area contributed by atoms with Crippen molar-refractivity contribution in [3.63, 3.8) is 0 Å². The molecule has 16 heavy (non-hydrogen) atoms. The fourth-order valence-electron chi connectivity index (χ4n) is 2.01. The van der Waals surface area contributed by atoms with Crippen molar-refractivity contribution < 1.29 is 5.11 Å². The molecule has 0 spiro atoms. The zero-order chi connectivity index (χ0) is 11.5. The predicted octanol–water partition coefficient (Wildman–Crippen LogP) is 3.53. The van der Waals surface area contributed by atoms with E-state index in [0.717, 1.165) is 31.4 Å². The van der Waals surface area contributed by atoms with E-state index in [1.54, 1.807) is 6.07 Å². The van der Waals surface area contributed by atoms with Crippen molar-refractivity contribution in [3.05, 3.63) is 28.2 Å². The molecule has 0 aromatic heterocycles. The van der Waals surface area contributed by atoms with Gasteiger partial charge in [0.2, 0.25) is 0 Å². The second kappa shape index (κ2) is 5.26. The maximum atomic E-state index is 9.40. The van der Waals surface area contributed by atoms with Gasteiger partial charge in [-0.25, -0.2) is 0 Å². The largest absolute Gasteiger partial charge is 0.393 e. The second-order valence-corrected chi connectivity index (χ2v) is 5.09. The van der Waals surface area contributed by atoms with Crippen molar-refractivity contribution in [1.82, 2.24) is 5.32 Å². The van der Waals surface area contributed by atoms with Crippen LogP contribution in [0.15, 0.2) is 18.2 Å². The summed E-state index contributed by atoms with van der Waals surface area (Å²) in [6, 6.07) is 5.63. The molecule has 4 heteroatoms. The zero-order valence-electron chi connectivity index (χ0n) is 8.87. The quantitative estimate of drug-likeness (QED) is 0.866. The Balaban J connectivity index is 1.98. The Bertz CT molecular complexity index is 342. The first-order valence-electron chi connectivity index (χ1n) is 5.48. The first-order chi connectivity index (χ1) is 7.63. The van der Waals surface area contributed by atoms with E-state index in [1.807, 2.05) is 12.1 Å². The molecule has 1 aliphatic carbocycles. The summed E-state index contributed by atoms with van der Waals surface area (Å²) in [6.45, 7) is 0. The lowest BCUT2D eigenvalue weighted by Gasteiger charge is -2.25. The maximum Gasteiger partial charge on any atom is 0.0607 e. The Kier molecular flexibility index (Phi) is 3.95. The molecule has 2 nitrogen and oxygen atoms in total.